The van der Waals surface area contributed by atoms with Crippen molar-refractivity contribution in [1.82, 2.24) is 10.2 Å². The quantitative estimate of drug-likeness (QED) is 0.812. The van der Waals surface area contributed by atoms with E-state index in [2.05, 4.69) is 5.32 Å². The third-order valence-corrected chi connectivity index (χ3v) is 5.25. The molecular formula is C16H28BFN2O3. The van der Waals surface area contributed by atoms with Gasteiger partial charge in [-0.15, -0.1) is 0 Å². The number of carbonyl (C=O) groups is 1. The molecule has 0 saturated carbocycles. The molecule has 2 saturated heterocycles. The predicted molar refractivity (Wildman–Crippen MR) is 88.6 cm³/mol. The van der Waals surface area contributed by atoms with Crippen LogP contribution < -0.4 is 5.32 Å². The Bertz CT molecular complexity index is 492. The second-order valence-electron chi connectivity index (χ2n) is 7.39. The van der Waals surface area contributed by atoms with Crippen LogP contribution in [0.4, 0.5) is 9.18 Å². The first-order valence-corrected chi connectivity index (χ1v) is 8.33. The Labute approximate surface area is 138 Å². The molecule has 23 heavy (non-hydrogen) atoms. The zero-order chi connectivity index (χ0) is 17.4. The highest BCUT2D eigenvalue weighted by Crippen LogP contribution is 2.40. The van der Waals surface area contributed by atoms with Crippen LogP contribution in [0.15, 0.2) is 11.3 Å². The Balaban J connectivity index is 2.06. The SMILES string of the molecule is CCNC(=O)N1CCC(C(C)=C(F)B2OC(C)(C)C(C)(C)O2)C1. The van der Waals surface area contributed by atoms with Crippen LogP contribution in [0.5, 0.6) is 0 Å². The number of hydrogen-bond donors (Lipinski definition) is 1. The van der Waals surface area contributed by atoms with Gasteiger partial charge in [0.1, 0.15) is 5.73 Å². The van der Waals surface area contributed by atoms with Crippen molar-refractivity contribution in [3.8, 4) is 0 Å². The molecule has 0 aromatic rings. The van der Waals surface area contributed by atoms with Gasteiger partial charge >= 0.3 is 13.1 Å². The van der Waals surface area contributed by atoms with Gasteiger partial charge < -0.3 is 19.5 Å². The van der Waals surface area contributed by atoms with Gasteiger partial charge in [0, 0.05) is 25.6 Å². The lowest BCUT2D eigenvalue weighted by atomic mass is 9.81. The van der Waals surface area contributed by atoms with Crippen LogP contribution in [0, 0.1) is 5.92 Å². The van der Waals surface area contributed by atoms with Crippen LogP contribution in [0.25, 0.3) is 0 Å². The van der Waals surface area contributed by atoms with Gasteiger partial charge in [0.05, 0.1) is 11.2 Å². The topological polar surface area (TPSA) is 50.8 Å². The molecule has 5 nitrogen and oxygen atoms in total. The smallest absolute Gasteiger partial charge is 0.398 e. The third kappa shape index (κ3) is 3.55. The largest absolute Gasteiger partial charge is 0.525 e. The van der Waals surface area contributed by atoms with E-state index in [4.69, 9.17) is 9.31 Å². The number of amides is 2. The minimum Gasteiger partial charge on any atom is -0.398 e. The van der Waals surface area contributed by atoms with Gasteiger partial charge in [0.25, 0.3) is 0 Å². The van der Waals surface area contributed by atoms with Crippen molar-refractivity contribution in [2.75, 3.05) is 19.6 Å². The molecule has 0 aliphatic carbocycles. The third-order valence-electron chi connectivity index (χ3n) is 5.25. The molecule has 0 aromatic carbocycles. The lowest BCUT2D eigenvalue weighted by Gasteiger charge is -2.32. The fraction of sp³-hybridized carbons (Fsp3) is 0.812. The molecule has 2 fully saturated rings. The summed E-state index contributed by atoms with van der Waals surface area (Å²) in [4.78, 5) is 13.6. The van der Waals surface area contributed by atoms with Gasteiger partial charge in [-0.2, -0.15) is 0 Å². The summed E-state index contributed by atoms with van der Waals surface area (Å²) >= 11 is 0. The van der Waals surface area contributed by atoms with Gasteiger partial charge in [0.2, 0.25) is 0 Å². The summed E-state index contributed by atoms with van der Waals surface area (Å²) in [7, 11) is -0.960. The first-order chi connectivity index (χ1) is 10.6. The molecule has 0 aromatic heterocycles. The fourth-order valence-electron chi connectivity index (χ4n) is 2.89. The second-order valence-corrected chi connectivity index (χ2v) is 7.39. The zero-order valence-corrected chi connectivity index (χ0v) is 15.0. The summed E-state index contributed by atoms with van der Waals surface area (Å²) in [5, 5.41) is 2.78. The summed E-state index contributed by atoms with van der Waals surface area (Å²) in [6.45, 7) is 13.0. The number of hydrogen-bond acceptors (Lipinski definition) is 3. The van der Waals surface area contributed by atoms with E-state index in [-0.39, 0.29) is 17.7 Å². The van der Waals surface area contributed by atoms with E-state index >= 15 is 0 Å². The number of nitrogens with one attached hydrogen (secondary N) is 1. The van der Waals surface area contributed by atoms with Crippen molar-refractivity contribution >= 4 is 13.1 Å². The molecule has 0 spiro atoms. The van der Waals surface area contributed by atoms with Gasteiger partial charge in [-0.25, -0.2) is 9.18 Å². The summed E-state index contributed by atoms with van der Waals surface area (Å²) in [5.74, 6) is 0.0108. The maximum Gasteiger partial charge on any atom is 0.525 e. The summed E-state index contributed by atoms with van der Waals surface area (Å²) in [6.07, 6.45) is 0.760. The van der Waals surface area contributed by atoms with E-state index in [1.807, 2.05) is 34.6 Å². The number of carbonyl (C=O) groups excluding carboxylic acids is 1. The molecule has 2 aliphatic rings. The molecule has 2 amide bonds. The van der Waals surface area contributed by atoms with Crippen molar-refractivity contribution in [1.29, 1.82) is 0 Å². The normalized spacial score (nSPS) is 27.2. The van der Waals surface area contributed by atoms with E-state index in [1.54, 1.807) is 11.8 Å². The van der Waals surface area contributed by atoms with Crippen LogP contribution in [0.3, 0.4) is 0 Å². The van der Waals surface area contributed by atoms with Gasteiger partial charge in [-0.1, -0.05) is 0 Å². The predicted octanol–water partition coefficient (Wildman–Crippen LogP) is 2.91. The van der Waals surface area contributed by atoms with Crippen LogP contribution in [-0.4, -0.2) is 48.9 Å². The van der Waals surface area contributed by atoms with Crippen molar-refractivity contribution < 1.29 is 18.5 Å². The Morgan fingerprint density at radius 1 is 1.30 bits per heavy atom. The van der Waals surface area contributed by atoms with Gasteiger partial charge in [0.15, 0.2) is 0 Å². The number of urea groups is 1. The lowest BCUT2D eigenvalue weighted by molar-refractivity contribution is 0.00578. The standard InChI is InChI=1S/C16H28BFN2O3/c1-7-19-14(21)20-9-8-12(10-20)11(2)13(18)17-22-15(3,4)16(5,6)23-17/h12H,7-10H2,1-6H3,(H,19,21). The lowest BCUT2D eigenvalue weighted by Crippen LogP contribution is -2.41. The first-order valence-electron chi connectivity index (χ1n) is 8.33. The highest BCUT2D eigenvalue weighted by atomic mass is 19.1. The molecule has 130 valence electrons. The Morgan fingerprint density at radius 3 is 2.39 bits per heavy atom. The molecule has 0 bridgehead atoms. The average Bonchev–Trinajstić information content (AvgIpc) is 3.01. The first kappa shape index (κ1) is 18.3. The molecular weight excluding hydrogens is 298 g/mol. The fourth-order valence-corrected chi connectivity index (χ4v) is 2.89. The number of rotatable bonds is 3. The van der Waals surface area contributed by atoms with E-state index in [9.17, 15) is 9.18 Å². The highest BCUT2D eigenvalue weighted by Gasteiger charge is 2.53. The average molecular weight is 326 g/mol. The Hall–Kier alpha value is -1.08. The van der Waals surface area contributed by atoms with Crippen LogP contribution in [0.2, 0.25) is 0 Å². The molecule has 2 aliphatic heterocycles. The summed E-state index contributed by atoms with van der Waals surface area (Å²) < 4.78 is 26.4. The molecule has 1 N–H and O–H groups in total. The van der Waals surface area contributed by atoms with Crippen LogP contribution >= 0.6 is 0 Å². The molecule has 1 atom stereocenters. The van der Waals surface area contributed by atoms with Gasteiger partial charge in [-0.05, 0) is 53.5 Å². The second kappa shape index (κ2) is 6.44. The summed E-state index contributed by atoms with van der Waals surface area (Å²) in [6, 6.07) is -0.0844. The molecule has 0 radical (unpaired) electrons. The number of nitrogens with zero attached hydrogens (tertiary/aromatic N) is 1. The molecule has 2 heterocycles. The van der Waals surface area contributed by atoms with Crippen molar-refractivity contribution in [2.45, 2.75) is 59.2 Å². The molecule has 1 unspecified atom stereocenters. The molecule has 7 heteroatoms. The van der Waals surface area contributed by atoms with Crippen molar-refractivity contribution in [3.63, 3.8) is 0 Å². The minimum atomic E-state index is -0.960. The van der Waals surface area contributed by atoms with E-state index in [1.165, 1.54) is 0 Å². The Morgan fingerprint density at radius 2 is 1.87 bits per heavy atom. The van der Waals surface area contributed by atoms with Crippen molar-refractivity contribution in [2.24, 2.45) is 5.92 Å². The monoisotopic (exact) mass is 326 g/mol. The van der Waals surface area contributed by atoms with E-state index in [0.717, 1.165) is 6.42 Å². The van der Waals surface area contributed by atoms with E-state index < -0.39 is 18.3 Å². The maximum absolute atomic E-state index is 14.8. The number of halogens is 1. The maximum atomic E-state index is 14.8. The van der Waals surface area contributed by atoms with Crippen LogP contribution in [-0.2, 0) is 9.31 Å². The number of likely N-dealkylation sites (tertiary alicyclic amines) is 1. The van der Waals surface area contributed by atoms with Crippen LogP contribution in [0.1, 0.15) is 48.0 Å². The van der Waals surface area contributed by atoms with Crippen molar-refractivity contribution in [3.05, 3.63) is 11.3 Å². The van der Waals surface area contributed by atoms with E-state index in [0.29, 0.717) is 25.2 Å². The zero-order valence-electron chi connectivity index (χ0n) is 15.0. The Kier molecular flexibility index (Phi) is 5.11. The minimum absolute atomic E-state index is 0.0108. The highest BCUT2D eigenvalue weighted by molar-refractivity contribution is 6.53. The van der Waals surface area contributed by atoms with Gasteiger partial charge in [-0.3, -0.25) is 0 Å². The molecule has 2 rings (SSSR count). The summed E-state index contributed by atoms with van der Waals surface area (Å²) in [5.41, 5.74) is -0.850.